The van der Waals surface area contributed by atoms with Gasteiger partial charge in [0, 0.05) is 11.6 Å². The van der Waals surface area contributed by atoms with Crippen molar-refractivity contribution in [3.05, 3.63) is 88.9 Å². The summed E-state index contributed by atoms with van der Waals surface area (Å²) in [5.41, 5.74) is 2.38. The zero-order valence-electron chi connectivity index (χ0n) is 17.0. The van der Waals surface area contributed by atoms with Gasteiger partial charge in [0.25, 0.3) is 15.9 Å². The number of carbonyl (C=O) groups excluding carboxylic acids is 1. The lowest BCUT2D eigenvalue weighted by molar-refractivity contribution is -0.123. The van der Waals surface area contributed by atoms with Crippen molar-refractivity contribution in [1.82, 2.24) is 5.32 Å². The third kappa shape index (κ3) is 6.73. The Hall–Kier alpha value is -3.03. The first-order valence-electron chi connectivity index (χ1n) is 9.66. The monoisotopic (exact) mass is 458 g/mol. The highest BCUT2D eigenvalue weighted by Gasteiger charge is 2.15. The maximum absolute atomic E-state index is 12.6. The number of hydrogen-bond acceptors (Lipinski definition) is 4. The molecule has 3 aromatic carbocycles. The number of anilines is 1. The van der Waals surface area contributed by atoms with E-state index in [0.29, 0.717) is 23.0 Å². The SMILES string of the molecule is Cc1ccc(NS(=O)(=O)c2ccc(OCC(=O)NCCc3ccccc3)cc2)cc1Cl. The van der Waals surface area contributed by atoms with Gasteiger partial charge in [0.1, 0.15) is 5.75 Å². The van der Waals surface area contributed by atoms with Gasteiger partial charge in [-0.2, -0.15) is 0 Å². The lowest BCUT2D eigenvalue weighted by atomic mass is 10.1. The largest absolute Gasteiger partial charge is 0.484 e. The van der Waals surface area contributed by atoms with Crippen LogP contribution in [-0.4, -0.2) is 27.5 Å². The molecular formula is C23H23ClN2O4S. The molecule has 8 heteroatoms. The number of hydrogen-bond donors (Lipinski definition) is 2. The van der Waals surface area contributed by atoms with E-state index in [2.05, 4.69) is 10.0 Å². The zero-order valence-corrected chi connectivity index (χ0v) is 18.5. The molecule has 0 saturated heterocycles. The van der Waals surface area contributed by atoms with Crippen LogP contribution in [0.3, 0.4) is 0 Å². The van der Waals surface area contributed by atoms with Gasteiger partial charge in [-0.1, -0.05) is 48.0 Å². The Kier molecular flexibility index (Phi) is 7.55. The van der Waals surface area contributed by atoms with Gasteiger partial charge in [-0.15, -0.1) is 0 Å². The van der Waals surface area contributed by atoms with Crippen molar-refractivity contribution >= 4 is 33.2 Å². The highest BCUT2D eigenvalue weighted by atomic mass is 35.5. The quantitative estimate of drug-likeness (QED) is 0.503. The lowest BCUT2D eigenvalue weighted by Crippen LogP contribution is -2.30. The molecule has 0 unspecified atom stereocenters. The number of carbonyl (C=O) groups is 1. The van der Waals surface area contributed by atoms with E-state index in [9.17, 15) is 13.2 Å². The molecule has 0 spiro atoms. The van der Waals surface area contributed by atoms with E-state index in [1.807, 2.05) is 37.3 Å². The molecule has 3 aromatic rings. The second kappa shape index (κ2) is 10.3. The van der Waals surface area contributed by atoms with E-state index < -0.39 is 10.0 Å². The minimum absolute atomic E-state index is 0.0730. The number of benzene rings is 3. The summed E-state index contributed by atoms with van der Waals surface area (Å²) >= 11 is 6.05. The van der Waals surface area contributed by atoms with E-state index in [1.54, 1.807) is 18.2 Å². The molecule has 0 heterocycles. The number of amides is 1. The second-order valence-corrected chi connectivity index (χ2v) is 9.00. The smallest absolute Gasteiger partial charge is 0.261 e. The van der Waals surface area contributed by atoms with Gasteiger partial charge in [-0.25, -0.2) is 8.42 Å². The number of sulfonamides is 1. The Morgan fingerprint density at radius 1 is 1.00 bits per heavy atom. The first-order valence-corrected chi connectivity index (χ1v) is 11.5. The van der Waals surface area contributed by atoms with Crippen LogP contribution in [0.1, 0.15) is 11.1 Å². The number of halogens is 1. The van der Waals surface area contributed by atoms with Crippen molar-refractivity contribution in [3.63, 3.8) is 0 Å². The summed E-state index contributed by atoms with van der Waals surface area (Å²) in [7, 11) is -3.77. The molecule has 31 heavy (non-hydrogen) atoms. The summed E-state index contributed by atoms with van der Waals surface area (Å²) in [4.78, 5) is 12.0. The van der Waals surface area contributed by atoms with Crippen molar-refractivity contribution in [2.24, 2.45) is 0 Å². The second-order valence-electron chi connectivity index (χ2n) is 6.92. The molecule has 0 fully saturated rings. The first kappa shape index (κ1) is 22.7. The minimum atomic E-state index is -3.77. The average molecular weight is 459 g/mol. The number of ether oxygens (including phenoxy) is 1. The van der Waals surface area contributed by atoms with Crippen LogP contribution in [0.2, 0.25) is 5.02 Å². The summed E-state index contributed by atoms with van der Waals surface area (Å²) in [5.74, 6) is 0.154. The van der Waals surface area contributed by atoms with Gasteiger partial charge in [0.15, 0.2) is 6.61 Å². The fraction of sp³-hybridized carbons (Fsp3) is 0.174. The van der Waals surface area contributed by atoms with Gasteiger partial charge in [0.2, 0.25) is 0 Å². The topological polar surface area (TPSA) is 84.5 Å². The summed E-state index contributed by atoms with van der Waals surface area (Å²) in [6.07, 6.45) is 0.734. The fourth-order valence-electron chi connectivity index (χ4n) is 2.78. The summed E-state index contributed by atoms with van der Waals surface area (Å²) < 4.78 is 33.0. The molecule has 0 bridgehead atoms. The maximum Gasteiger partial charge on any atom is 0.261 e. The van der Waals surface area contributed by atoms with Gasteiger partial charge in [-0.05, 0) is 60.9 Å². The van der Waals surface area contributed by atoms with Crippen LogP contribution in [0.5, 0.6) is 5.75 Å². The van der Waals surface area contributed by atoms with E-state index in [1.165, 1.54) is 24.3 Å². The van der Waals surface area contributed by atoms with Gasteiger partial charge in [0.05, 0.1) is 10.6 Å². The van der Waals surface area contributed by atoms with Crippen LogP contribution < -0.4 is 14.8 Å². The van der Waals surface area contributed by atoms with Gasteiger partial charge < -0.3 is 10.1 Å². The highest BCUT2D eigenvalue weighted by Crippen LogP contribution is 2.23. The standard InChI is InChI=1S/C23H23ClN2O4S/c1-17-7-8-19(15-22(17)24)26-31(28,29)21-11-9-20(10-12-21)30-16-23(27)25-14-13-18-5-3-2-4-6-18/h2-12,15,26H,13-14,16H2,1H3,(H,25,27). The van der Waals surface area contributed by atoms with E-state index in [-0.39, 0.29) is 17.4 Å². The Labute approximate surface area is 187 Å². The van der Waals surface area contributed by atoms with E-state index >= 15 is 0 Å². The molecule has 1 amide bonds. The average Bonchev–Trinajstić information content (AvgIpc) is 2.76. The number of nitrogens with one attached hydrogen (secondary N) is 2. The van der Waals surface area contributed by atoms with Crippen molar-refractivity contribution in [3.8, 4) is 5.75 Å². The molecule has 0 saturated carbocycles. The summed E-state index contributed by atoms with van der Waals surface area (Å²) in [6, 6.07) is 20.6. The van der Waals surface area contributed by atoms with Crippen LogP contribution in [0.25, 0.3) is 0 Å². The van der Waals surface area contributed by atoms with E-state index in [0.717, 1.165) is 17.5 Å². The summed E-state index contributed by atoms with van der Waals surface area (Å²) in [6.45, 7) is 2.20. The Bertz CT molecular complexity index is 1130. The molecule has 2 N–H and O–H groups in total. The third-order valence-corrected chi connectivity index (χ3v) is 6.31. The fourth-order valence-corrected chi connectivity index (χ4v) is 4.01. The highest BCUT2D eigenvalue weighted by molar-refractivity contribution is 7.92. The first-order chi connectivity index (χ1) is 14.8. The van der Waals surface area contributed by atoms with Crippen LogP contribution in [0.15, 0.2) is 77.7 Å². The van der Waals surface area contributed by atoms with E-state index in [4.69, 9.17) is 16.3 Å². The number of aryl methyl sites for hydroxylation is 1. The molecular weight excluding hydrogens is 436 g/mol. The van der Waals surface area contributed by atoms with Crippen molar-refractivity contribution in [2.75, 3.05) is 17.9 Å². The zero-order chi connectivity index (χ0) is 22.3. The third-order valence-electron chi connectivity index (χ3n) is 4.51. The summed E-state index contributed by atoms with van der Waals surface area (Å²) in [5, 5.41) is 3.27. The number of rotatable bonds is 9. The predicted molar refractivity (Wildman–Crippen MR) is 122 cm³/mol. The Balaban J connectivity index is 1.49. The molecule has 162 valence electrons. The van der Waals surface area contributed by atoms with Crippen LogP contribution >= 0.6 is 11.6 Å². The Morgan fingerprint density at radius 2 is 1.71 bits per heavy atom. The molecule has 0 aliphatic carbocycles. The predicted octanol–water partition coefficient (Wildman–Crippen LogP) is 4.19. The molecule has 0 atom stereocenters. The van der Waals surface area contributed by atoms with Crippen LogP contribution in [0.4, 0.5) is 5.69 Å². The van der Waals surface area contributed by atoms with Crippen molar-refractivity contribution < 1.29 is 17.9 Å². The van der Waals surface area contributed by atoms with Crippen LogP contribution in [0, 0.1) is 6.92 Å². The van der Waals surface area contributed by atoms with Crippen molar-refractivity contribution in [2.45, 2.75) is 18.2 Å². The van der Waals surface area contributed by atoms with Gasteiger partial charge >= 0.3 is 0 Å². The molecule has 0 aromatic heterocycles. The molecule has 3 rings (SSSR count). The molecule has 0 aliphatic rings. The van der Waals surface area contributed by atoms with Crippen molar-refractivity contribution in [1.29, 1.82) is 0 Å². The Morgan fingerprint density at radius 3 is 2.39 bits per heavy atom. The van der Waals surface area contributed by atoms with Crippen LogP contribution in [-0.2, 0) is 21.2 Å². The normalized spacial score (nSPS) is 11.0. The van der Waals surface area contributed by atoms with Gasteiger partial charge in [-0.3, -0.25) is 9.52 Å². The molecule has 6 nitrogen and oxygen atoms in total. The minimum Gasteiger partial charge on any atom is -0.484 e. The lowest BCUT2D eigenvalue weighted by Gasteiger charge is -2.11. The maximum atomic E-state index is 12.6. The molecule has 0 aliphatic heterocycles. The molecule has 0 radical (unpaired) electrons.